The molecule has 0 aromatic heterocycles. The zero-order valence-corrected chi connectivity index (χ0v) is 39.5. The van der Waals surface area contributed by atoms with Gasteiger partial charge in [0.25, 0.3) is 0 Å². The first kappa shape index (κ1) is 41.8. The monoisotopic (exact) mass is 877 g/mol. The highest BCUT2D eigenvalue weighted by Crippen LogP contribution is 2.60. The van der Waals surface area contributed by atoms with Gasteiger partial charge in [-0.05, 0) is 117 Å². The molecule has 0 amide bonds. The first-order valence-corrected chi connectivity index (χ1v) is 24.5. The Hall–Kier alpha value is -7.62. The van der Waals surface area contributed by atoms with Crippen LogP contribution in [0.5, 0.6) is 0 Å². The van der Waals surface area contributed by atoms with Crippen LogP contribution in [0, 0.1) is 20.8 Å². The van der Waals surface area contributed by atoms with Crippen LogP contribution in [0.4, 0.5) is 0 Å². The molecule has 68 heavy (non-hydrogen) atoms. The minimum Gasteiger partial charge on any atom is -0.330 e. The van der Waals surface area contributed by atoms with E-state index in [4.69, 9.17) is 9.98 Å². The Morgan fingerprint density at radius 3 is 1.26 bits per heavy atom. The molecule has 8 aromatic rings. The summed E-state index contributed by atoms with van der Waals surface area (Å²) >= 11 is 0. The molecule has 0 bridgehead atoms. The fraction of sp³-hybridized carbons (Fsp3) is 0.169. The van der Waals surface area contributed by atoms with E-state index < -0.39 is 22.4 Å². The maximum Gasteiger partial charge on any atom is 0.161 e. The van der Waals surface area contributed by atoms with Gasteiger partial charge in [0, 0.05) is 0 Å². The van der Waals surface area contributed by atoms with Gasteiger partial charge in [0.15, 0.2) is 6.17 Å². The quantitative estimate of drug-likeness (QED) is 0.178. The lowest BCUT2D eigenvalue weighted by atomic mass is 9.66. The van der Waals surface area contributed by atoms with E-state index >= 15 is 0 Å². The van der Waals surface area contributed by atoms with E-state index in [1.807, 2.05) is 13.8 Å². The van der Waals surface area contributed by atoms with Gasteiger partial charge in [-0.25, -0.2) is 9.98 Å². The number of benzene rings is 8. The number of fused-ring (bicyclic) bond motifs is 8. The Balaban J connectivity index is 0.00000237. The number of hydrogen-bond donors (Lipinski definition) is 1. The third-order valence-electron chi connectivity index (χ3n) is 15.5. The van der Waals surface area contributed by atoms with E-state index in [9.17, 15) is 0 Å². The highest BCUT2D eigenvalue weighted by Gasteiger charge is 2.58. The van der Waals surface area contributed by atoms with Gasteiger partial charge in [-0.15, -0.1) is 0 Å². The van der Waals surface area contributed by atoms with Crippen LogP contribution in [0.2, 0.25) is 0 Å². The lowest BCUT2D eigenvalue weighted by Gasteiger charge is -2.45. The summed E-state index contributed by atoms with van der Waals surface area (Å²) in [6.45, 7) is 10.5. The van der Waals surface area contributed by atoms with Crippen LogP contribution in [0.15, 0.2) is 222 Å². The highest BCUT2D eigenvalue weighted by molar-refractivity contribution is 6.19. The number of aliphatic imine (C=N–C) groups is 2. The van der Waals surface area contributed by atoms with Crippen molar-refractivity contribution in [2.24, 2.45) is 9.98 Å². The second-order valence-electron chi connectivity index (χ2n) is 18.9. The van der Waals surface area contributed by atoms with Gasteiger partial charge in [0.1, 0.15) is 22.5 Å². The minimum absolute atomic E-state index is 0.634. The first-order chi connectivity index (χ1) is 33.4. The molecule has 4 aliphatic carbocycles. The number of aryl methyl sites for hydroxylation is 3. The Kier molecular flexibility index (Phi) is 9.85. The summed E-state index contributed by atoms with van der Waals surface area (Å²) in [7, 11) is 0. The average Bonchev–Trinajstić information content (AvgIpc) is 3.99. The Morgan fingerprint density at radius 1 is 0.412 bits per heavy atom. The molecule has 5 aliphatic rings. The molecule has 0 saturated heterocycles. The molecule has 1 heterocycles. The van der Waals surface area contributed by atoms with Gasteiger partial charge in [-0.2, -0.15) is 0 Å². The van der Waals surface area contributed by atoms with Crippen LogP contribution in [0.3, 0.4) is 0 Å². The summed E-state index contributed by atoms with van der Waals surface area (Å²) < 4.78 is 0. The predicted octanol–water partition coefficient (Wildman–Crippen LogP) is 14.8. The van der Waals surface area contributed by atoms with Crippen LogP contribution in [-0.4, -0.2) is 17.8 Å². The van der Waals surface area contributed by atoms with Crippen molar-refractivity contribution in [1.82, 2.24) is 5.32 Å². The molecule has 2 atom stereocenters. The summed E-state index contributed by atoms with van der Waals surface area (Å²) in [5.41, 5.74) is 19.8. The molecule has 1 aliphatic heterocycles. The van der Waals surface area contributed by atoms with Gasteiger partial charge in [-0.3, -0.25) is 0 Å². The van der Waals surface area contributed by atoms with Crippen molar-refractivity contribution < 1.29 is 0 Å². The van der Waals surface area contributed by atoms with E-state index in [1.54, 1.807) is 0 Å². The summed E-state index contributed by atoms with van der Waals surface area (Å²) in [6.07, 6.45) is 6.12. The fourth-order valence-electron chi connectivity index (χ4n) is 12.6. The second kappa shape index (κ2) is 16.0. The zero-order valence-electron chi connectivity index (χ0n) is 39.5. The molecule has 0 spiro atoms. The maximum absolute atomic E-state index is 6.30. The number of allylic oxidation sites excluding steroid dienone is 3. The van der Waals surface area contributed by atoms with E-state index in [1.165, 1.54) is 100 Å². The van der Waals surface area contributed by atoms with Crippen LogP contribution < -0.4 is 5.32 Å². The molecule has 13 rings (SSSR count). The van der Waals surface area contributed by atoms with Crippen molar-refractivity contribution in [3.63, 3.8) is 0 Å². The Bertz CT molecular complexity index is 3330. The molecule has 0 saturated carbocycles. The topological polar surface area (TPSA) is 36.8 Å². The number of nitrogens with one attached hydrogen (secondary N) is 1. The third-order valence-corrected chi connectivity index (χ3v) is 15.5. The molecule has 330 valence electrons. The number of nitrogens with zero attached hydrogens (tertiary/aromatic N) is 2. The zero-order chi connectivity index (χ0) is 46.2. The minimum atomic E-state index is -0.821. The molecule has 2 unspecified atom stereocenters. The van der Waals surface area contributed by atoms with E-state index in [0.717, 1.165) is 24.5 Å². The SMILES string of the molecule is CC.Cc1ccc(C2(C3=NC(C4(c5ccc(C)cc5)c5ccccc5-c5ccccc54)N=C(C4(c5ccc(C)cc5)c5ccccc5-c5ccccc54)N3)C3=C(CCC=C3)c3ccccc32)cc1. The average molecular weight is 878 g/mol. The normalized spacial score (nSPS) is 19.5. The van der Waals surface area contributed by atoms with E-state index in [2.05, 4.69) is 232 Å². The molecule has 3 nitrogen and oxygen atoms in total. The molecule has 0 radical (unpaired) electrons. The molecule has 3 heteroatoms. The molecule has 0 fully saturated rings. The van der Waals surface area contributed by atoms with E-state index in [0.29, 0.717) is 0 Å². The third kappa shape index (κ3) is 5.65. The van der Waals surface area contributed by atoms with Gasteiger partial charge >= 0.3 is 0 Å². The van der Waals surface area contributed by atoms with Crippen molar-refractivity contribution in [2.75, 3.05) is 0 Å². The van der Waals surface area contributed by atoms with Crippen LogP contribution in [0.25, 0.3) is 27.8 Å². The van der Waals surface area contributed by atoms with Gasteiger partial charge in [0.05, 0.1) is 5.41 Å². The van der Waals surface area contributed by atoms with Crippen molar-refractivity contribution in [3.8, 4) is 22.3 Å². The molecule has 8 aromatic carbocycles. The van der Waals surface area contributed by atoms with Gasteiger partial charge in [0.2, 0.25) is 0 Å². The highest BCUT2D eigenvalue weighted by atomic mass is 15.2. The van der Waals surface area contributed by atoms with Crippen molar-refractivity contribution in [3.05, 3.63) is 279 Å². The Labute approximate surface area is 401 Å². The first-order valence-electron chi connectivity index (χ1n) is 24.5. The second-order valence-corrected chi connectivity index (χ2v) is 18.9. The largest absolute Gasteiger partial charge is 0.330 e. The standard InChI is InChI=1S/C63H49N3.C2H6/c1-40-28-34-43(35-29-40)61(52-22-10-4-16-46(52)47-17-5-11-23-53(47)61)58-64-59(62(44-36-30-41(2)31-37-44)54-24-12-6-18-48(54)49-19-7-13-25-55(49)62)66-60(65-58)63(45-38-32-42(3)33-39-45)56-26-14-8-20-50(56)51-21-9-15-27-57(51)63;1-2/h4-8,10-20,22-39,58H,9,21H2,1-3H3,(H,64,65,66);1-2H3. The van der Waals surface area contributed by atoms with Crippen LogP contribution in [0.1, 0.15) is 93.5 Å². The maximum atomic E-state index is 6.30. The van der Waals surface area contributed by atoms with Gasteiger partial charge < -0.3 is 5.32 Å². The summed E-state index contributed by atoms with van der Waals surface area (Å²) in [6, 6.07) is 72.8. The lowest BCUT2D eigenvalue weighted by Crippen LogP contribution is -2.58. The summed E-state index contributed by atoms with van der Waals surface area (Å²) in [4.78, 5) is 12.6. The smallest absolute Gasteiger partial charge is 0.161 e. The fourth-order valence-corrected chi connectivity index (χ4v) is 12.6. The van der Waals surface area contributed by atoms with Crippen LogP contribution in [-0.2, 0) is 16.2 Å². The summed E-state index contributed by atoms with van der Waals surface area (Å²) in [5.74, 6) is 1.77. The number of amidine groups is 2. The van der Waals surface area contributed by atoms with Crippen molar-refractivity contribution in [2.45, 2.75) is 69.9 Å². The Morgan fingerprint density at radius 2 is 0.779 bits per heavy atom. The summed E-state index contributed by atoms with van der Waals surface area (Å²) in [5, 5.41) is 4.31. The van der Waals surface area contributed by atoms with Crippen molar-refractivity contribution >= 4 is 17.2 Å². The predicted molar refractivity (Wildman–Crippen MR) is 283 cm³/mol. The molecule has 1 N–H and O–H groups in total. The lowest BCUT2D eigenvalue weighted by molar-refractivity contribution is 0.487. The number of rotatable bonds is 6. The van der Waals surface area contributed by atoms with Crippen molar-refractivity contribution in [1.29, 1.82) is 0 Å². The van der Waals surface area contributed by atoms with Gasteiger partial charge in [-0.1, -0.05) is 237 Å². The van der Waals surface area contributed by atoms with E-state index in [-0.39, 0.29) is 0 Å². The molecular weight excluding hydrogens is 823 g/mol. The number of hydrogen-bond acceptors (Lipinski definition) is 3. The van der Waals surface area contributed by atoms with Crippen LogP contribution >= 0.6 is 0 Å². The molecular formula is C65H55N3.